The molecule has 0 unspecified atom stereocenters. The lowest BCUT2D eigenvalue weighted by molar-refractivity contribution is 0.461. The zero-order chi connectivity index (χ0) is 16.5. The van der Waals surface area contributed by atoms with E-state index in [0.29, 0.717) is 0 Å². The van der Waals surface area contributed by atoms with E-state index in [4.69, 9.17) is 0 Å². The topological polar surface area (TPSA) is 83.9 Å². The Balaban J connectivity index is 1.96. The van der Waals surface area contributed by atoms with E-state index in [2.05, 4.69) is 5.10 Å². The molecule has 0 radical (unpaired) electrons. The van der Waals surface area contributed by atoms with Gasteiger partial charge in [0.05, 0.1) is 16.3 Å². The second kappa shape index (κ2) is 5.78. The van der Waals surface area contributed by atoms with Crippen molar-refractivity contribution in [2.75, 3.05) is 6.54 Å². The number of hydrogen-bond donors (Lipinski definition) is 0. The molecule has 6 nitrogen and oxygen atoms in total. The highest BCUT2D eigenvalue weighted by Gasteiger charge is 2.33. The molecule has 1 aliphatic rings. The zero-order valence-electron chi connectivity index (χ0n) is 12.0. The maximum Gasteiger partial charge on any atom is 0.279 e. The summed E-state index contributed by atoms with van der Waals surface area (Å²) in [6.45, 7) is 0.0125. The Morgan fingerprint density at radius 3 is 1.87 bits per heavy atom. The molecule has 0 atom stereocenters. The Bertz CT molecular complexity index is 937. The summed E-state index contributed by atoms with van der Waals surface area (Å²) in [6, 6.07) is 15.7. The maximum atomic E-state index is 12.5. The minimum Gasteiger partial charge on any atom is -0.217 e. The van der Waals surface area contributed by atoms with Crippen LogP contribution in [-0.4, -0.2) is 32.8 Å². The van der Waals surface area contributed by atoms with Crippen LogP contribution < -0.4 is 0 Å². The molecule has 0 N–H and O–H groups in total. The normalized spacial score (nSPS) is 15.5. The molecule has 0 spiro atoms. The molecule has 3 rings (SSSR count). The van der Waals surface area contributed by atoms with Crippen LogP contribution in [0.4, 0.5) is 0 Å². The number of hydrogen-bond acceptors (Lipinski definition) is 5. The van der Waals surface area contributed by atoms with E-state index in [1.165, 1.54) is 24.3 Å². The molecule has 1 heterocycles. The van der Waals surface area contributed by atoms with Gasteiger partial charge in [0.15, 0.2) is 5.04 Å². The fourth-order valence-electron chi connectivity index (χ4n) is 2.23. The quantitative estimate of drug-likeness (QED) is 0.846. The maximum absolute atomic E-state index is 12.5. The van der Waals surface area contributed by atoms with Crippen molar-refractivity contribution in [3.8, 4) is 0 Å². The van der Waals surface area contributed by atoms with Gasteiger partial charge in [-0.25, -0.2) is 8.42 Å². The van der Waals surface area contributed by atoms with E-state index in [0.717, 1.165) is 4.41 Å². The first-order valence-corrected chi connectivity index (χ1v) is 9.80. The zero-order valence-corrected chi connectivity index (χ0v) is 13.7. The molecule has 1 aliphatic heterocycles. The Morgan fingerprint density at radius 2 is 1.30 bits per heavy atom. The Hall–Kier alpha value is -2.19. The lowest BCUT2D eigenvalue weighted by Gasteiger charge is -2.13. The van der Waals surface area contributed by atoms with Crippen LogP contribution in [0, 0.1) is 0 Å². The number of nitrogens with zero attached hydrogens (tertiary/aromatic N) is 2. The monoisotopic (exact) mass is 350 g/mol. The van der Waals surface area contributed by atoms with Crippen LogP contribution >= 0.6 is 0 Å². The van der Waals surface area contributed by atoms with E-state index in [1.807, 2.05) is 0 Å². The van der Waals surface area contributed by atoms with Crippen molar-refractivity contribution >= 4 is 24.9 Å². The van der Waals surface area contributed by atoms with Gasteiger partial charge in [0.1, 0.15) is 0 Å². The largest absolute Gasteiger partial charge is 0.279 e. The van der Waals surface area contributed by atoms with E-state index in [9.17, 15) is 16.8 Å². The summed E-state index contributed by atoms with van der Waals surface area (Å²) in [4.78, 5) is 0.194. The van der Waals surface area contributed by atoms with E-state index in [1.54, 1.807) is 36.4 Å². The average Bonchev–Trinajstić information content (AvgIpc) is 3.08. The van der Waals surface area contributed by atoms with Gasteiger partial charge in [0.25, 0.3) is 10.0 Å². The van der Waals surface area contributed by atoms with Gasteiger partial charge in [0, 0.05) is 6.42 Å². The van der Waals surface area contributed by atoms with E-state index >= 15 is 0 Å². The first-order chi connectivity index (χ1) is 10.9. The minimum absolute atomic E-state index is 0.0125. The van der Waals surface area contributed by atoms with Crippen LogP contribution in [0.2, 0.25) is 0 Å². The first-order valence-electron chi connectivity index (χ1n) is 6.88. The summed E-state index contributed by atoms with van der Waals surface area (Å²) in [6.07, 6.45) is 0.0588. The highest BCUT2D eigenvalue weighted by atomic mass is 32.2. The number of sulfonamides is 1. The Kier molecular flexibility index (Phi) is 3.95. The molecular weight excluding hydrogens is 336 g/mol. The number of hydrazone groups is 1. The van der Waals surface area contributed by atoms with Gasteiger partial charge in [-0.1, -0.05) is 36.4 Å². The van der Waals surface area contributed by atoms with Crippen LogP contribution in [0.1, 0.15) is 6.42 Å². The van der Waals surface area contributed by atoms with Crippen LogP contribution in [0.5, 0.6) is 0 Å². The molecule has 8 heteroatoms. The first kappa shape index (κ1) is 15.7. The van der Waals surface area contributed by atoms with Gasteiger partial charge in [-0.05, 0) is 24.3 Å². The molecule has 0 aliphatic carbocycles. The predicted molar refractivity (Wildman–Crippen MR) is 86.0 cm³/mol. The molecule has 0 aromatic heterocycles. The summed E-state index contributed by atoms with van der Waals surface area (Å²) >= 11 is 0. The van der Waals surface area contributed by atoms with Crippen molar-refractivity contribution < 1.29 is 16.8 Å². The second-order valence-electron chi connectivity index (χ2n) is 4.92. The third kappa shape index (κ3) is 2.87. The third-order valence-corrected chi connectivity index (χ3v) is 6.91. The molecule has 0 saturated carbocycles. The van der Waals surface area contributed by atoms with Crippen molar-refractivity contribution in [3.05, 3.63) is 60.7 Å². The lowest BCUT2D eigenvalue weighted by Crippen LogP contribution is -2.23. The molecule has 0 fully saturated rings. The van der Waals surface area contributed by atoms with Crippen LogP contribution in [-0.2, 0) is 19.9 Å². The average molecular weight is 350 g/mol. The Labute approximate surface area is 135 Å². The smallest absolute Gasteiger partial charge is 0.217 e. The highest BCUT2D eigenvalue weighted by molar-refractivity contribution is 8.06. The van der Waals surface area contributed by atoms with Crippen molar-refractivity contribution in [1.29, 1.82) is 0 Å². The minimum atomic E-state index is -3.83. The molecule has 0 saturated heterocycles. The Morgan fingerprint density at radius 1 is 0.783 bits per heavy atom. The van der Waals surface area contributed by atoms with Gasteiger partial charge >= 0.3 is 0 Å². The van der Waals surface area contributed by atoms with Crippen molar-refractivity contribution in [1.82, 2.24) is 4.41 Å². The van der Waals surface area contributed by atoms with Crippen LogP contribution in [0.25, 0.3) is 0 Å². The van der Waals surface area contributed by atoms with Gasteiger partial charge in [-0.2, -0.15) is 17.9 Å². The fraction of sp³-hybridized carbons (Fsp3) is 0.133. The molecular formula is C15H14N2O4S2. The summed E-state index contributed by atoms with van der Waals surface area (Å²) in [5.74, 6) is 0. The number of benzene rings is 2. The fourth-order valence-corrected chi connectivity index (χ4v) is 4.91. The molecule has 120 valence electrons. The lowest BCUT2D eigenvalue weighted by atomic mass is 10.4. The summed E-state index contributed by atoms with van der Waals surface area (Å²) < 4.78 is 50.8. The molecule has 2 aromatic carbocycles. The standard InChI is InChI=1S/C15H14N2O4S2/c18-22(19,13-7-3-1-4-8-13)15-11-12-17(16-15)23(20,21)14-9-5-2-6-10-14/h1-10H,11-12H2. The van der Waals surface area contributed by atoms with Gasteiger partial charge in [0.2, 0.25) is 9.84 Å². The van der Waals surface area contributed by atoms with Crippen molar-refractivity contribution in [3.63, 3.8) is 0 Å². The van der Waals surface area contributed by atoms with E-state index < -0.39 is 19.9 Å². The summed E-state index contributed by atoms with van der Waals surface area (Å²) in [5.41, 5.74) is 0. The second-order valence-corrected chi connectivity index (χ2v) is 8.72. The SMILES string of the molecule is O=S(=O)(C1=NN(S(=O)(=O)c2ccccc2)CC1)c1ccccc1. The molecule has 0 bridgehead atoms. The van der Waals surface area contributed by atoms with Gasteiger partial charge in [-0.15, -0.1) is 0 Å². The molecule has 23 heavy (non-hydrogen) atoms. The van der Waals surface area contributed by atoms with Gasteiger partial charge < -0.3 is 0 Å². The summed E-state index contributed by atoms with van der Waals surface area (Å²) in [7, 11) is -7.60. The van der Waals surface area contributed by atoms with Crippen LogP contribution in [0.15, 0.2) is 75.6 Å². The van der Waals surface area contributed by atoms with Crippen LogP contribution in [0.3, 0.4) is 0 Å². The summed E-state index contributed by atoms with van der Waals surface area (Å²) in [5, 5.41) is 3.72. The highest BCUT2D eigenvalue weighted by Crippen LogP contribution is 2.24. The van der Waals surface area contributed by atoms with Gasteiger partial charge in [-0.3, -0.25) is 0 Å². The van der Waals surface area contributed by atoms with E-state index in [-0.39, 0.29) is 27.8 Å². The predicted octanol–water partition coefficient (Wildman–Crippen LogP) is 1.87. The van der Waals surface area contributed by atoms with Crippen molar-refractivity contribution in [2.45, 2.75) is 16.2 Å². The molecule has 2 aromatic rings. The third-order valence-electron chi connectivity index (χ3n) is 3.42. The number of rotatable bonds is 3. The number of sulfone groups is 1. The van der Waals surface area contributed by atoms with Crippen molar-refractivity contribution in [2.24, 2.45) is 5.10 Å². The molecule has 0 amide bonds.